The molecular weight excluding hydrogens is 240 g/mol. The van der Waals surface area contributed by atoms with Crippen molar-refractivity contribution in [3.05, 3.63) is 0 Å². The minimum absolute atomic E-state index is 0.0348. The Morgan fingerprint density at radius 3 is 1.94 bits per heavy atom. The summed E-state index contributed by atoms with van der Waals surface area (Å²) in [5.74, 6) is -1.14. The van der Waals surface area contributed by atoms with E-state index in [2.05, 4.69) is 4.72 Å². The van der Waals surface area contributed by atoms with Gasteiger partial charge in [-0.3, -0.25) is 4.79 Å². The Morgan fingerprint density at radius 2 is 1.71 bits per heavy atom. The molecule has 1 unspecified atom stereocenters. The number of hydrogen-bond acceptors (Lipinski definition) is 3. The first-order valence-corrected chi connectivity index (χ1v) is 6.76. The van der Waals surface area contributed by atoms with E-state index in [0.29, 0.717) is 0 Å². The molecule has 0 aliphatic rings. The Labute approximate surface area is 106 Å². The molecule has 0 spiro atoms. The van der Waals surface area contributed by atoms with Crippen molar-refractivity contribution in [2.45, 2.75) is 57.9 Å². The van der Waals surface area contributed by atoms with Crippen LogP contribution in [-0.2, 0) is 15.8 Å². The normalized spacial score (nSPS) is 19.8. The molecule has 0 aromatic carbocycles. The fourth-order valence-electron chi connectivity index (χ4n) is 1.38. The summed E-state index contributed by atoms with van der Waals surface area (Å²) in [6.45, 7) is 10.6. The summed E-state index contributed by atoms with van der Waals surface area (Å²) in [6.07, 6.45) is 0. The van der Waals surface area contributed by atoms with Crippen LogP contribution in [0.2, 0.25) is 0 Å². The van der Waals surface area contributed by atoms with E-state index in [1.807, 2.05) is 34.6 Å². The van der Waals surface area contributed by atoms with Crippen LogP contribution in [0.5, 0.6) is 0 Å². The number of carbonyl (C=O) groups is 1. The summed E-state index contributed by atoms with van der Waals surface area (Å²) in [5.41, 5.74) is 4.35. The van der Waals surface area contributed by atoms with Crippen molar-refractivity contribution in [2.24, 2.45) is 11.7 Å². The monoisotopic (exact) mass is 264 g/mol. The Balaban J connectivity index is 5.04. The number of carboxylic acids is 1. The predicted molar refractivity (Wildman–Crippen MR) is 69.9 cm³/mol. The van der Waals surface area contributed by atoms with Gasteiger partial charge < -0.3 is 10.8 Å². The molecule has 0 radical (unpaired) electrons. The summed E-state index contributed by atoms with van der Waals surface area (Å²) in [6, 6.07) is -0.556. The maximum atomic E-state index is 12.0. The van der Waals surface area contributed by atoms with E-state index in [0.717, 1.165) is 0 Å². The molecule has 5 nitrogen and oxygen atoms in total. The summed E-state index contributed by atoms with van der Waals surface area (Å²) in [5, 5.41) is 9.11. The quantitative estimate of drug-likeness (QED) is 0.687. The molecule has 3 atom stereocenters. The topological polar surface area (TPSA) is 92.4 Å². The Morgan fingerprint density at radius 1 is 1.29 bits per heavy atom. The molecule has 102 valence electrons. The van der Waals surface area contributed by atoms with Gasteiger partial charge in [0.2, 0.25) is 0 Å². The molecule has 17 heavy (non-hydrogen) atoms. The highest BCUT2D eigenvalue weighted by atomic mass is 32.2. The average Bonchev–Trinajstić information content (AvgIpc) is 2.10. The van der Waals surface area contributed by atoms with Crippen LogP contribution >= 0.6 is 0 Å². The van der Waals surface area contributed by atoms with Crippen molar-refractivity contribution >= 4 is 17.0 Å². The number of hydrogen-bond donors (Lipinski definition) is 3. The van der Waals surface area contributed by atoms with Crippen molar-refractivity contribution in [1.82, 2.24) is 4.72 Å². The number of aliphatic carboxylic acids is 1. The minimum atomic E-state index is -1.45. The first kappa shape index (κ1) is 16.5. The standard InChI is InChI=1S/C11H24N2O3S/c1-7(2)8(11(6,12)9(14)15)13-17(16)10(3,4)5/h7-8,13H,12H2,1-6H3,(H,14,15)/t8-,11+,17?/m0/s1. The summed E-state index contributed by atoms with van der Waals surface area (Å²) in [7, 11) is -1.34. The average molecular weight is 264 g/mol. The molecule has 0 aliphatic heterocycles. The number of nitrogens with two attached hydrogens (primary N) is 1. The van der Waals surface area contributed by atoms with Gasteiger partial charge in [0.15, 0.2) is 0 Å². The number of rotatable bonds is 5. The highest BCUT2D eigenvalue weighted by Crippen LogP contribution is 2.19. The molecule has 0 saturated carbocycles. The lowest BCUT2D eigenvalue weighted by molar-refractivity contribution is -0.144. The van der Waals surface area contributed by atoms with E-state index < -0.39 is 33.3 Å². The molecule has 0 saturated heterocycles. The van der Waals surface area contributed by atoms with Gasteiger partial charge in [-0.25, -0.2) is 8.93 Å². The first-order valence-electron chi connectivity index (χ1n) is 5.61. The third kappa shape index (κ3) is 4.37. The molecule has 0 aromatic heterocycles. The molecule has 0 rings (SSSR count). The molecule has 0 bridgehead atoms. The van der Waals surface area contributed by atoms with Crippen LogP contribution < -0.4 is 10.5 Å². The van der Waals surface area contributed by atoms with Gasteiger partial charge in [0, 0.05) is 0 Å². The van der Waals surface area contributed by atoms with E-state index in [9.17, 15) is 9.00 Å². The summed E-state index contributed by atoms with van der Waals surface area (Å²) >= 11 is 0. The van der Waals surface area contributed by atoms with Crippen molar-refractivity contribution in [3.63, 3.8) is 0 Å². The van der Waals surface area contributed by atoms with E-state index in [1.165, 1.54) is 6.92 Å². The maximum Gasteiger partial charge on any atom is 0.325 e. The molecule has 4 N–H and O–H groups in total. The fraction of sp³-hybridized carbons (Fsp3) is 0.909. The van der Waals surface area contributed by atoms with Crippen LogP contribution in [0.3, 0.4) is 0 Å². The van der Waals surface area contributed by atoms with Gasteiger partial charge in [-0.1, -0.05) is 13.8 Å². The van der Waals surface area contributed by atoms with Crippen LogP contribution in [0, 0.1) is 5.92 Å². The van der Waals surface area contributed by atoms with Gasteiger partial charge in [-0.15, -0.1) is 0 Å². The second-order valence-electron chi connectivity index (χ2n) is 5.81. The van der Waals surface area contributed by atoms with Gasteiger partial charge in [0.1, 0.15) is 5.54 Å². The van der Waals surface area contributed by atoms with Crippen molar-refractivity contribution in [2.75, 3.05) is 0 Å². The van der Waals surface area contributed by atoms with Gasteiger partial charge in [0.25, 0.3) is 0 Å². The van der Waals surface area contributed by atoms with Gasteiger partial charge in [-0.05, 0) is 33.6 Å². The molecule has 0 aliphatic carbocycles. The van der Waals surface area contributed by atoms with Crippen molar-refractivity contribution in [1.29, 1.82) is 0 Å². The molecule has 6 heteroatoms. The summed E-state index contributed by atoms with van der Waals surface area (Å²) < 4.78 is 14.4. The molecule has 0 amide bonds. The largest absolute Gasteiger partial charge is 0.480 e. The zero-order valence-corrected chi connectivity index (χ0v) is 12.2. The van der Waals surface area contributed by atoms with Gasteiger partial charge in [0.05, 0.1) is 21.8 Å². The number of nitrogens with one attached hydrogen (secondary N) is 1. The Hall–Kier alpha value is -0.460. The van der Waals surface area contributed by atoms with E-state index in [1.54, 1.807) is 0 Å². The van der Waals surface area contributed by atoms with Crippen LogP contribution in [0.15, 0.2) is 0 Å². The highest BCUT2D eigenvalue weighted by Gasteiger charge is 2.41. The van der Waals surface area contributed by atoms with Crippen LogP contribution in [0.4, 0.5) is 0 Å². The zero-order valence-electron chi connectivity index (χ0n) is 11.4. The van der Waals surface area contributed by atoms with Crippen LogP contribution in [0.25, 0.3) is 0 Å². The Kier molecular flexibility index (Phi) is 5.31. The van der Waals surface area contributed by atoms with Crippen LogP contribution in [0.1, 0.15) is 41.5 Å². The number of carboxylic acid groups (broad SMARTS) is 1. The van der Waals surface area contributed by atoms with Crippen LogP contribution in [-0.4, -0.2) is 31.6 Å². The Bertz CT molecular complexity index is 308. The first-order chi connectivity index (χ1) is 7.40. The molecule has 0 aromatic rings. The fourth-order valence-corrected chi connectivity index (χ4v) is 2.48. The maximum absolute atomic E-state index is 12.0. The second-order valence-corrected chi connectivity index (χ2v) is 7.81. The third-order valence-corrected chi connectivity index (χ3v) is 4.14. The predicted octanol–water partition coefficient (Wildman–Crippen LogP) is 0.865. The lowest BCUT2D eigenvalue weighted by Gasteiger charge is -2.35. The highest BCUT2D eigenvalue weighted by molar-refractivity contribution is 7.84. The van der Waals surface area contributed by atoms with Gasteiger partial charge in [-0.2, -0.15) is 0 Å². The summed E-state index contributed by atoms with van der Waals surface area (Å²) in [4.78, 5) is 11.1. The van der Waals surface area contributed by atoms with E-state index in [4.69, 9.17) is 10.8 Å². The lowest BCUT2D eigenvalue weighted by Crippen LogP contribution is -2.63. The lowest BCUT2D eigenvalue weighted by atomic mass is 9.86. The van der Waals surface area contributed by atoms with E-state index >= 15 is 0 Å². The SMILES string of the molecule is CC(C)[C@H](NS(=O)C(C)(C)C)[C@@](C)(N)C(=O)O. The second kappa shape index (κ2) is 5.46. The molecular formula is C11H24N2O3S. The van der Waals surface area contributed by atoms with Crippen molar-refractivity contribution in [3.8, 4) is 0 Å². The molecule has 0 heterocycles. The van der Waals surface area contributed by atoms with E-state index in [-0.39, 0.29) is 5.92 Å². The zero-order chi connectivity index (χ0) is 14.0. The minimum Gasteiger partial charge on any atom is -0.480 e. The van der Waals surface area contributed by atoms with Gasteiger partial charge >= 0.3 is 5.97 Å². The smallest absolute Gasteiger partial charge is 0.325 e. The van der Waals surface area contributed by atoms with Crippen molar-refractivity contribution < 1.29 is 14.1 Å². The third-order valence-electron chi connectivity index (χ3n) is 2.56. The molecule has 0 fully saturated rings.